The second kappa shape index (κ2) is 14.1. The number of nitrogens with zero attached hydrogens (tertiary/aromatic N) is 4. The Morgan fingerprint density at radius 2 is 1.83 bits per heavy atom. The SMILES string of the molecule is COc1cc(C(=O)Nc2cccc(-c3cccc(NC(=O)c4nc5c(n4C)CCN(C)C5)c3Cl)c2C)ncc1CN[C@H]1CCCNC1=O. The summed E-state index contributed by atoms with van der Waals surface area (Å²) in [6.07, 6.45) is 4.09. The number of hydrogen-bond acceptors (Lipinski definition) is 8. The molecule has 4 heterocycles. The zero-order valence-electron chi connectivity index (χ0n) is 27.4. The average Bonchev–Trinajstić information content (AvgIpc) is 3.41. The Kier molecular flexibility index (Phi) is 9.76. The van der Waals surface area contributed by atoms with Gasteiger partial charge < -0.3 is 35.5 Å². The van der Waals surface area contributed by atoms with Crippen LogP contribution in [0.25, 0.3) is 11.1 Å². The molecule has 0 saturated carbocycles. The first-order valence-corrected chi connectivity index (χ1v) is 16.3. The number of methoxy groups -OCH3 is 1. The number of benzene rings is 2. The monoisotopic (exact) mass is 670 g/mol. The largest absolute Gasteiger partial charge is 0.496 e. The maximum absolute atomic E-state index is 13.4. The summed E-state index contributed by atoms with van der Waals surface area (Å²) in [7, 11) is 5.44. The van der Waals surface area contributed by atoms with Crippen LogP contribution >= 0.6 is 11.6 Å². The van der Waals surface area contributed by atoms with Gasteiger partial charge in [0.05, 0.1) is 29.6 Å². The zero-order valence-corrected chi connectivity index (χ0v) is 28.2. The van der Waals surface area contributed by atoms with Crippen LogP contribution in [-0.2, 0) is 31.4 Å². The molecule has 0 unspecified atom stereocenters. The number of carbonyl (C=O) groups excluding carboxylic acids is 3. The number of aromatic nitrogens is 3. The fourth-order valence-electron chi connectivity index (χ4n) is 6.24. The molecule has 0 aliphatic carbocycles. The van der Waals surface area contributed by atoms with E-state index in [4.69, 9.17) is 16.3 Å². The number of amides is 3. The molecule has 13 heteroatoms. The van der Waals surface area contributed by atoms with Crippen molar-refractivity contribution >= 4 is 40.7 Å². The molecule has 2 aliphatic heterocycles. The van der Waals surface area contributed by atoms with Crippen molar-refractivity contribution < 1.29 is 19.1 Å². The number of hydrogen-bond donors (Lipinski definition) is 4. The van der Waals surface area contributed by atoms with Crippen LogP contribution < -0.4 is 26.0 Å². The molecule has 0 bridgehead atoms. The van der Waals surface area contributed by atoms with Crippen LogP contribution in [0.5, 0.6) is 5.75 Å². The summed E-state index contributed by atoms with van der Waals surface area (Å²) >= 11 is 6.91. The minimum Gasteiger partial charge on any atom is -0.496 e. The van der Waals surface area contributed by atoms with E-state index >= 15 is 0 Å². The minimum atomic E-state index is -0.407. The van der Waals surface area contributed by atoms with Crippen molar-refractivity contribution in [2.45, 2.75) is 45.3 Å². The number of fused-ring (bicyclic) bond motifs is 1. The molecule has 48 heavy (non-hydrogen) atoms. The Bertz CT molecular complexity index is 1890. The van der Waals surface area contributed by atoms with Crippen molar-refractivity contribution in [1.29, 1.82) is 0 Å². The molecule has 0 radical (unpaired) electrons. The third kappa shape index (κ3) is 6.77. The van der Waals surface area contributed by atoms with E-state index in [1.54, 1.807) is 24.4 Å². The molecule has 4 N–H and O–H groups in total. The van der Waals surface area contributed by atoms with Crippen molar-refractivity contribution in [2.75, 3.05) is 37.9 Å². The highest BCUT2D eigenvalue weighted by Gasteiger charge is 2.25. The number of carbonyl (C=O) groups is 3. The molecule has 4 aromatic rings. The van der Waals surface area contributed by atoms with Gasteiger partial charge in [-0.25, -0.2) is 4.98 Å². The van der Waals surface area contributed by atoms with Crippen molar-refractivity contribution in [3.63, 3.8) is 0 Å². The average molecular weight is 671 g/mol. The molecular weight excluding hydrogens is 632 g/mol. The topological polar surface area (TPSA) is 143 Å². The van der Waals surface area contributed by atoms with Crippen molar-refractivity contribution in [1.82, 2.24) is 30.1 Å². The van der Waals surface area contributed by atoms with Crippen LogP contribution in [0.2, 0.25) is 5.02 Å². The number of imidazole rings is 1. The zero-order chi connectivity index (χ0) is 33.9. The summed E-state index contributed by atoms with van der Waals surface area (Å²) < 4.78 is 7.41. The molecular formula is C35H39ClN8O4. The summed E-state index contributed by atoms with van der Waals surface area (Å²) in [6.45, 7) is 4.58. The van der Waals surface area contributed by atoms with Gasteiger partial charge in [0, 0.05) is 74.4 Å². The van der Waals surface area contributed by atoms with E-state index in [-0.39, 0.29) is 23.6 Å². The lowest BCUT2D eigenvalue weighted by Crippen LogP contribution is -2.47. The van der Waals surface area contributed by atoms with E-state index in [1.165, 1.54) is 7.11 Å². The second-order valence-electron chi connectivity index (χ2n) is 12.2. The lowest BCUT2D eigenvalue weighted by atomic mass is 9.98. The van der Waals surface area contributed by atoms with E-state index < -0.39 is 5.91 Å². The molecule has 1 atom stereocenters. The first-order chi connectivity index (χ1) is 23.1. The predicted octanol–water partition coefficient (Wildman–Crippen LogP) is 4.31. The standard InChI is InChI=1S/C35H39ClN8O4/c1-20-22(23-9-6-11-25(31(23)36)42-35(47)32-40-28-19-43(2)15-13-29(28)44(32)3)8-5-10-24(20)41-34(46)27-16-30(48-4)21(18-39-27)17-38-26-12-7-14-37-33(26)45/h5-6,8-11,16,18,26,38H,7,12-15,17,19H2,1-4H3,(H,37,45)(H,41,46)(H,42,47)/t26-/m0/s1. The second-order valence-corrected chi connectivity index (χ2v) is 12.6. The summed E-state index contributed by atoms with van der Waals surface area (Å²) in [5.74, 6) is 0.0681. The smallest absolute Gasteiger partial charge is 0.291 e. The van der Waals surface area contributed by atoms with Gasteiger partial charge >= 0.3 is 0 Å². The molecule has 1 fully saturated rings. The van der Waals surface area contributed by atoms with Crippen LogP contribution in [-0.4, -0.2) is 70.4 Å². The Morgan fingerprint density at radius 3 is 2.60 bits per heavy atom. The van der Waals surface area contributed by atoms with Gasteiger partial charge in [-0.2, -0.15) is 0 Å². The normalized spacial score (nSPS) is 16.2. The first-order valence-electron chi connectivity index (χ1n) is 15.9. The summed E-state index contributed by atoms with van der Waals surface area (Å²) in [5.41, 5.74) is 6.23. The fraction of sp³-hybridized carbons (Fsp3) is 0.343. The van der Waals surface area contributed by atoms with Crippen LogP contribution in [0.1, 0.15) is 56.5 Å². The molecule has 12 nitrogen and oxygen atoms in total. The Labute approximate surface area is 284 Å². The number of ether oxygens (including phenoxy) is 1. The van der Waals surface area contributed by atoms with Gasteiger partial charge in [-0.3, -0.25) is 19.4 Å². The quantitative estimate of drug-likeness (QED) is 0.206. The lowest BCUT2D eigenvalue weighted by Gasteiger charge is -2.23. The van der Waals surface area contributed by atoms with Crippen LogP contribution in [0.3, 0.4) is 0 Å². The van der Waals surface area contributed by atoms with Crippen LogP contribution in [0, 0.1) is 6.92 Å². The number of anilines is 2. The molecule has 2 aromatic heterocycles. The lowest BCUT2D eigenvalue weighted by molar-refractivity contribution is -0.124. The number of piperidine rings is 1. The van der Waals surface area contributed by atoms with E-state index in [1.807, 2.05) is 49.9 Å². The van der Waals surface area contributed by atoms with Crippen molar-refractivity contribution in [3.8, 4) is 16.9 Å². The van der Waals surface area contributed by atoms with E-state index in [9.17, 15) is 14.4 Å². The predicted molar refractivity (Wildman–Crippen MR) is 184 cm³/mol. The maximum atomic E-state index is 13.4. The number of rotatable bonds is 9. The third-order valence-corrected chi connectivity index (χ3v) is 9.40. The highest BCUT2D eigenvalue weighted by molar-refractivity contribution is 6.36. The number of likely N-dealkylation sites (N-methyl/N-ethyl adjacent to an activating group) is 1. The first kappa shape index (κ1) is 33.1. The summed E-state index contributed by atoms with van der Waals surface area (Å²) in [5, 5.41) is 12.4. The summed E-state index contributed by atoms with van der Waals surface area (Å²) in [4.78, 5) is 50.0. The van der Waals surface area contributed by atoms with Crippen LogP contribution in [0.4, 0.5) is 11.4 Å². The molecule has 6 rings (SSSR count). The van der Waals surface area contributed by atoms with Crippen LogP contribution in [0.15, 0.2) is 48.7 Å². The summed E-state index contributed by atoms with van der Waals surface area (Å²) in [6, 6.07) is 12.3. The highest BCUT2D eigenvalue weighted by Crippen LogP contribution is 2.38. The van der Waals surface area contributed by atoms with E-state index in [0.29, 0.717) is 53.2 Å². The van der Waals surface area contributed by atoms with Crippen molar-refractivity contribution in [2.24, 2.45) is 7.05 Å². The molecule has 2 aromatic carbocycles. The van der Waals surface area contributed by atoms with Gasteiger partial charge in [0.1, 0.15) is 11.4 Å². The maximum Gasteiger partial charge on any atom is 0.291 e. The molecule has 0 spiro atoms. The van der Waals surface area contributed by atoms with E-state index in [0.717, 1.165) is 53.9 Å². The molecule has 1 saturated heterocycles. The molecule has 3 amide bonds. The Morgan fingerprint density at radius 1 is 1.08 bits per heavy atom. The number of nitrogens with one attached hydrogen (secondary N) is 4. The minimum absolute atomic E-state index is 0.0182. The third-order valence-electron chi connectivity index (χ3n) is 8.99. The number of halogens is 1. The highest BCUT2D eigenvalue weighted by atomic mass is 35.5. The Balaban J connectivity index is 1.17. The fourth-order valence-corrected chi connectivity index (χ4v) is 6.51. The molecule has 2 aliphatic rings. The number of pyridine rings is 1. The van der Waals surface area contributed by atoms with Gasteiger partial charge in [0.2, 0.25) is 5.91 Å². The Hall–Kier alpha value is -4.78. The van der Waals surface area contributed by atoms with Gasteiger partial charge in [0.15, 0.2) is 5.82 Å². The van der Waals surface area contributed by atoms with Crippen molar-refractivity contribution in [3.05, 3.63) is 87.7 Å². The van der Waals surface area contributed by atoms with Gasteiger partial charge in [-0.15, -0.1) is 0 Å². The van der Waals surface area contributed by atoms with Gasteiger partial charge in [0.25, 0.3) is 11.8 Å². The molecule has 250 valence electrons. The van der Waals surface area contributed by atoms with Gasteiger partial charge in [-0.1, -0.05) is 35.9 Å². The van der Waals surface area contributed by atoms with E-state index in [2.05, 4.69) is 36.1 Å². The van der Waals surface area contributed by atoms with Gasteiger partial charge in [-0.05, 0) is 50.1 Å².